The Kier molecular flexibility index (Phi) is 5.57. The summed E-state index contributed by atoms with van der Waals surface area (Å²) >= 11 is 0. The van der Waals surface area contributed by atoms with Gasteiger partial charge in [0.25, 0.3) is 0 Å². The molecule has 1 unspecified atom stereocenters. The number of nitrogens with zero attached hydrogens (tertiary/aromatic N) is 3. The van der Waals surface area contributed by atoms with Crippen LogP contribution in [0.15, 0.2) is 43.0 Å². The number of ether oxygens (including phenoxy) is 1. The molecule has 0 radical (unpaired) electrons. The van der Waals surface area contributed by atoms with Gasteiger partial charge in [-0.3, -0.25) is 9.47 Å². The number of halogens is 3. The zero-order chi connectivity index (χ0) is 21.3. The molecule has 0 aliphatic heterocycles. The van der Waals surface area contributed by atoms with E-state index in [-0.39, 0.29) is 17.5 Å². The number of fused-ring (bicyclic) bond motifs is 1. The molecular weight excluding hydrogens is 383 g/mol. The van der Waals surface area contributed by atoms with Crippen molar-refractivity contribution in [2.24, 2.45) is 0 Å². The van der Waals surface area contributed by atoms with E-state index in [1.165, 1.54) is 24.3 Å². The largest absolute Gasteiger partial charge is 0.573 e. The van der Waals surface area contributed by atoms with Crippen LogP contribution in [0.4, 0.5) is 13.2 Å². The summed E-state index contributed by atoms with van der Waals surface area (Å²) in [5, 5.41) is 10.6. The molecule has 1 heterocycles. The third kappa shape index (κ3) is 4.07. The van der Waals surface area contributed by atoms with Gasteiger partial charge in [0, 0.05) is 11.6 Å². The zero-order valence-electron chi connectivity index (χ0n) is 16.4. The Labute approximate surface area is 166 Å². The lowest BCUT2D eigenvalue weighted by molar-refractivity contribution is -0.274. The molecule has 3 aromatic rings. The second-order valence-electron chi connectivity index (χ2n) is 6.81. The molecule has 1 atom stereocenters. The number of para-hydroxylation sites is 1. The molecule has 0 amide bonds. The van der Waals surface area contributed by atoms with E-state index in [1.54, 1.807) is 22.8 Å². The van der Waals surface area contributed by atoms with Gasteiger partial charge < -0.3 is 9.84 Å². The Bertz CT molecular complexity index is 1040. The minimum atomic E-state index is -4.81. The second kappa shape index (κ2) is 7.79. The first-order chi connectivity index (χ1) is 13.7. The fraction of sp³-hybridized carbons (Fsp3) is 0.286. The molecule has 0 saturated heterocycles. The van der Waals surface area contributed by atoms with Crippen molar-refractivity contribution in [3.05, 3.63) is 54.4 Å². The van der Waals surface area contributed by atoms with Crippen LogP contribution in [0.1, 0.15) is 30.8 Å². The topological polar surface area (TPSA) is 50.5 Å². The monoisotopic (exact) mass is 405 g/mol. The van der Waals surface area contributed by atoms with Crippen LogP contribution in [0, 0.1) is 0 Å². The number of phenolic OH excluding ortho intramolecular Hbond substituents is 1. The molecule has 0 aliphatic rings. The normalized spacial score (nSPS) is 13.1. The minimum absolute atomic E-state index is 0.0290. The lowest BCUT2D eigenvalue weighted by Crippen LogP contribution is -2.22. The number of rotatable bonds is 6. The van der Waals surface area contributed by atoms with Gasteiger partial charge in [0.05, 0.1) is 22.8 Å². The molecule has 0 spiro atoms. The number of phenols is 1. The molecule has 29 heavy (non-hydrogen) atoms. The smallest absolute Gasteiger partial charge is 0.506 e. The highest BCUT2D eigenvalue weighted by Crippen LogP contribution is 2.37. The summed E-state index contributed by atoms with van der Waals surface area (Å²) in [6.07, 6.45) is -2.52. The van der Waals surface area contributed by atoms with Crippen molar-refractivity contribution in [2.75, 3.05) is 14.1 Å². The summed E-state index contributed by atoms with van der Waals surface area (Å²) in [6.45, 7) is 5.78. The van der Waals surface area contributed by atoms with Crippen LogP contribution in [-0.2, 0) is 0 Å². The first-order valence-corrected chi connectivity index (χ1v) is 9.05. The summed E-state index contributed by atoms with van der Waals surface area (Å²) < 4.78 is 44.0. The number of hydrogen-bond donors (Lipinski definition) is 1. The molecule has 1 N–H and O–H groups in total. The van der Waals surface area contributed by atoms with Crippen molar-refractivity contribution in [2.45, 2.75) is 25.7 Å². The standard InChI is InChI=1S/C21H22F3N3O2/c1-5-13-8-7-9-18(28)19(13)27-17-12-14(29-21(22,23)24)10-11-15(17)25-20(27)16(6-2)26(3)4/h5,7-12,16,28H,1,6H2,2-4H3. The summed E-state index contributed by atoms with van der Waals surface area (Å²) in [4.78, 5) is 6.65. The van der Waals surface area contributed by atoms with Gasteiger partial charge in [0.15, 0.2) is 0 Å². The van der Waals surface area contributed by atoms with E-state index in [9.17, 15) is 18.3 Å². The number of alkyl halides is 3. The highest BCUT2D eigenvalue weighted by atomic mass is 19.4. The lowest BCUT2D eigenvalue weighted by atomic mass is 10.1. The van der Waals surface area contributed by atoms with Crippen LogP contribution < -0.4 is 4.74 Å². The van der Waals surface area contributed by atoms with Crippen LogP contribution in [-0.4, -0.2) is 40.0 Å². The minimum Gasteiger partial charge on any atom is -0.506 e. The molecule has 154 valence electrons. The average molecular weight is 405 g/mol. The average Bonchev–Trinajstić information content (AvgIpc) is 2.98. The number of hydrogen-bond acceptors (Lipinski definition) is 4. The van der Waals surface area contributed by atoms with Gasteiger partial charge in [0.1, 0.15) is 17.3 Å². The van der Waals surface area contributed by atoms with E-state index in [2.05, 4.69) is 16.3 Å². The van der Waals surface area contributed by atoms with Crippen LogP contribution in [0.25, 0.3) is 22.8 Å². The number of aromatic nitrogens is 2. The molecule has 5 nitrogen and oxygen atoms in total. The molecule has 8 heteroatoms. The Morgan fingerprint density at radius 2 is 2.00 bits per heavy atom. The number of aromatic hydroxyl groups is 1. The summed E-state index contributed by atoms with van der Waals surface area (Å²) in [5.74, 6) is 0.214. The van der Waals surface area contributed by atoms with Gasteiger partial charge in [-0.05, 0) is 38.7 Å². The molecule has 1 aromatic heterocycles. The maximum atomic E-state index is 12.7. The third-order valence-corrected chi connectivity index (χ3v) is 4.68. The van der Waals surface area contributed by atoms with Crippen molar-refractivity contribution in [1.29, 1.82) is 0 Å². The van der Waals surface area contributed by atoms with Gasteiger partial charge in [-0.25, -0.2) is 4.98 Å². The van der Waals surface area contributed by atoms with E-state index in [4.69, 9.17) is 0 Å². The molecule has 0 fully saturated rings. The van der Waals surface area contributed by atoms with E-state index in [1.807, 2.05) is 25.9 Å². The van der Waals surface area contributed by atoms with Crippen LogP contribution >= 0.6 is 0 Å². The van der Waals surface area contributed by atoms with E-state index in [0.29, 0.717) is 34.5 Å². The Morgan fingerprint density at radius 1 is 1.28 bits per heavy atom. The van der Waals surface area contributed by atoms with Crippen LogP contribution in [0.5, 0.6) is 11.5 Å². The van der Waals surface area contributed by atoms with Gasteiger partial charge in [-0.2, -0.15) is 0 Å². The first kappa shape index (κ1) is 20.7. The predicted molar refractivity (Wildman–Crippen MR) is 106 cm³/mol. The number of benzene rings is 2. The van der Waals surface area contributed by atoms with Crippen LogP contribution in [0.2, 0.25) is 0 Å². The quantitative estimate of drug-likeness (QED) is 0.606. The summed E-state index contributed by atoms with van der Waals surface area (Å²) in [5.41, 5.74) is 1.92. The SMILES string of the molecule is C=Cc1cccc(O)c1-n1c(C(CC)N(C)C)nc2ccc(OC(F)(F)F)cc21. The van der Waals surface area contributed by atoms with Gasteiger partial charge in [-0.1, -0.05) is 31.7 Å². The van der Waals surface area contributed by atoms with Crippen LogP contribution in [0.3, 0.4) is 0 Å². The second-order valence-corrected chi connectivity index (χ2v) is 6.81. The fourth-order valence-electron chi connectivity index (χ4n) is 3.47. The van der Waals surface area contributed by atoms with Crippen molar-refractivity contribution in [3.8, 4) is 17.2 Å². The van der Waals surface area contributed by atoms with Gasteiger partial charge in [0.2, 0.25) is 0 Å². The Hall–Kier alpha value is -3.00. The lowest BCUT2D eigenvalue weighted by Gasteiger charge is -2.24. The maximum Gasteiger partial charge on any atom is 0.573 e. The third-order valence-electron chi connectivity index (χ3n) is 4.68. The van der Waals surface area contributed by atoms with E-state index < -0.39 is 6.36 Å². The summed E-state index contributed by atoms with van der Waals surface area (Å²) in [7, 11) is 3.80. The first-order valence-electron chi connectivity index (χ1n) is 9.05. The maximum absolute atomic E-state index is 12.7. The van der Waals surface area contributed by atoms with Gasteiger partial charge in [-0.15, -0.1) is 13.2 Å². The van der Waals surface area contributed by atoms with E-state index >= 15 is 0 Å². The van der Waals surface area contributed by atoms with E-state index in [0.717, 1.165) is 0 Å². The molecular formula is C21H22F3N3O2. The van der Waals surface area contributed by atoms with Crippen molar-refractivity contribution >= 4 is 17.1 Å². The van der Waals surface area contributed by atoms with Crippen molar-refractivity contribution in [3.63, 3.8) is 0 Å². The van der Waals surface area contributed by atoms with Gasteiger partial charge >= 0.3 is 6.36 Å². The molecule has 0 aliphatic carbocycles. The fourth-order valence-corrected chi connectivity index (χ4v) is 3.47. The molecule has 2 aromatic carbocycles. The van der Waals surface area contributed by atoms with Crippen molar-refractivity contribution < 1.29 is 23.0 Å². The Balaban J connectivity index is 2.37. The molecule has 0 bridgehead atoms. The predicted octanol–water partition coefficient (Wildman–Crippen LogP) is 5.29. The number of imidazole rings is 1. The highest BCUT2D eigenvalue weighted by molar-refractivity contribution is 5.82. The zero-order valence-corrected chi connectivity index (χ0v) is 16.4. The highest BCUT2D eigenvalue weighted by Gasteiger charge is 2.32. The Morgan fingerprint density at radius 3 is 2.59 bits per heavy atom. The molecule has 3 rings (SSSR count). The molecule has 0 saturated carbocycles. The van der Waals surface area contributed by atoms with Crippen molar-refractivity contribution in [1.82, 2.24) is 14.5 Å². The summed E-state index contributed by atoms with van der Waals surface area (Å²) in [6, 6.07) is 8.82.